The number of anilines is 2. The number of hydrogen-bond acceptors (Lipinski definition) is 6. The number of pyridine rings is 1. The van der Waals surface area contributed by atoms with E-state index in [1.165, 1.54) is 12.6 Å². The first-order chi connectivity index (χ1) is 18.2. The Morgan fingerprint density at radius 2 is 1.92 bits per heavy atom. The lowest BCUT2D eigenvalue weighted by Crippen LogP contribution is -2.37. The molecule has 0 radical (unpaired) electrons. The Balaban J connectivity index is 1.34. The smallest absolute Gasteiger partial charge is 0.275 e. The molecule has 1 aromatic carbocycles. The van der Waals surface area contributed by atoms with Crippen molar-refractivity contribution in [2.75, 3.05) is 23.3 Å². The molecule has 38 heavy (non-hydrogen) atoms. The molecule has 0 unspecified atom stereocenters. The molecule has 1 amide bonds. The van der Waals surface area contributed by atoms with Gasteiger partial charge in [0.15, 0.2) is 5.82 Å². The van der Waals surface area contributed by atoms with Crippen LogP contribution in [0.25, 0.3) is 11.3 Å². The summed E-state index contributed by atoms with van der Waals surface area (Å²) in [5, 5.41) is 6.68. The number of benzene rings is 1. The lowest BCUT2D eigenvalue weighted by atomic mass is 10.0. The minimum absolute atomic E-state index is 0.153. The minimum Gasteiger partial charge on any atom is -0.356 e. The zero-order valence-electron chi connectivity index (χ0n) is 20.5. The van der Waals surface area contributed by atoms with Gasteiger partial charge in [-0.3, -0.25) is 14.5 Å². The van der Waals surface area contributed by atoms with Crippen molar-refractivity contribution in [2.24, 2.45) is 0 Å². The summed E-state index contributed by atoms with van der Waals surface area (Å²) in [7, 11) is 0. The highest BCUT2D eigenvalue weighted by atomic mass is 35.5. The van der Waals surface area contributed by atoms with E-state index in [-0.39, 0.29) is 22.5 Å². The van der Waals surface area contributed by atoms with Crippen LogP contribution in [-0.2, 0) is 0 Å². The Morgan fingerprint density at radius 3 is 2.61 bits per heavy atom. The van der Waals surface area contributed by atoms with Gasteiger partial charge >= 0.3 is 0 Å². The summed E-state index contributed by atoms with van der Waals surface area (Å²) in [6.07, 6.45) is 5.44. The second-order valence-electron chi connectivity index (χ2n) is 8.99. The first-order valence-electron chi connectivity index (χ1n) is 11.9. The van der Waals surface area contributed by atoms with Crippen LogP contribution in [0.1, 0.15) is 53.0 Å². The van der Waals surface area contributed by atoms with Crippen molar-refractivity contribution in [3.8, 4) is 11.3 Å². The fourth-order valence-electron chi connectivity index (χ4n) is 4.26. The van der Waals surface area contributed by atoms with Gasteiger partial charge in [-0.2, -0.15) is 5.10 Å². The molecular weight excluding hydrogens is 519 g/mol. The lowest BCUT2D eigenvalue weighted by Gasteiger charge is -2.32. The monoisotopic (exact) mass is 541 g/mol. The molecule has 12 heteroatoms. The maximum absolute atomic E-state index is 14.7. The van der Waals surface area contributed by atoms with Gasteiger partial charge in [0.05, 0.1) is 41.0 Å². The summed E-state index contributed by atoms with van der Waals surface area (Å²) in [4.78, 5) is 27.6. The van der Waals surface area contributed by atoms with E-state index < -0.39 is 29.3 Å². The topological polar surface area (TPSA) is 88.8 Å². The molecule has 1 N–H and O–H groups in total. The van der Waals surface area contributed by atoms with Crippen molar-refractivity contribution in [1.29, 1.82) is 0 Å². The van der Waals surface area contributed by atoms with Crippen LogP contribution in [0, 0.1) is 12.7 Å². The van der Waals surface area contributed by atoms with Crippen LogP contribution in [-0.4, -0.2) is 43.7 Å². The van der Waals surface area contributed by atoms with Gasteiger partial charge in [-0.25, -0.2) is 23.1 Å². The zero-order chi connectivity index (χ0) is 27.0. The van der Waals surface area contributed by atoms with Crippen LogP contribution in [0.15, 0.2) is 49.2 Å². The molecule has 8 nitrogen and oxygen atoms in total. The molecule has 1 aliphatic rings. The molecule has 196 valence electrons. The SMILES string of the molecule is Cc1cc(N2CCC2)ncc1[C@H](C)n1cc(NC(=O)c2cncc(-c3c(C(F)F)ccc(Cl)c3F)n2)cn1. The predicted octanol–water partition coefficient (Wildman–Crippen LogP) is 5.85. The maximum Gasteiger partial charge on any atom is 0.275 e. The van der Waals surface area contributed by atoms with E-state index in [0.29, 0.717) is 5.69 Å². The van der Waals surface area contributed by atoms with Crippen molar-refractivity contribution in [2.45, 2.75) is 32.7 Å². The highest BCUT2D eigenvalue weighted by molar-refractivity contribution is 6.31. The van der Waals surface area contributed by atoms with Crippen LogP contribution in [0.5, 0.6) is 0 Å². The summed E-state index contributed by atoms with van der Waals surface area (Å²) in [6.45, 7) is 6.02. The van der Waals surface area contributed by atoms with Gasteiger partial charge in [0.25, 0.3) is 12.3 Å². The number of halogens is 4. The summed E-state index contributed by atoms with van der Waals surface area (Å²) >= 11 is 5.80. The molecular formula is C26H23ClF3N7O. The third kappa shape index (κ3) is 4.93. The number of aromatic nitrogens is 5. The molecule has 5 rings (SSSR count). The number of nitrogens with one attached hydrogen (secondary N) is 1. The highest BCUT2D eigenvalue weighted by Crippen LogP contribution is 2.35. The van der Waals surface area contributed by atoms with Gasteiger partial charge in [0.2, 0.25) is 0 Å². The molecule has 1 atom stereocenters. The van der Waals surface area contributed by atoms with Gasteiger partial charge in [-0.15, -0.1) is 0 Å². The van der Waals surface area contributed by atoms with Crippen LogP contribution in [0.3, 0.4) is 0 Å². The second-order valence-corrected chi connectivity index (χ2v) is 9.40. The fraction of sp³-hybridized carbons (Fsp3) is 0.269. The van der Waals surface area contributed by atoms with E-state index in [4.69, 9.17) is 11.6 Å². The molecule has 4 heterocycles. The van der Waals surface area contributed by atoms with Gasteiger partial charge in [0.1, 0.15) is 11.5 Å². The van der Waals surface area contributed by atoms with E-state index in [9.17, 15) is 18.0 Å². The van der Waals surface area contributed by atoms with E-state index in [1.807, 2.05) is 20.0 Å². The quantitative estimate of drug-likeness (QED) is 0.316. The van der Waals surface area contributed by atoms with Crippen molar-refractivity contribution in [3.05, 3.63) is 82.4 Å². The highest BCUT2D eigenvalue weighted by Gasteiger charge is 2.23. The minimum atomic E-state index is -2.98. The van der Waals surface area contributed by atoms with Gasteiger partial charge in [-0.05, 0) is 43.5 Å². The standard InChI is InChI=1S/C26H23ClF3N7O/c1-14-8-22(36-6-3-7-36)32-10-18(14)15(2)37-13-16(9-33-37)34-26(38)21-12-31-11-20(35-21)23-17(25(29)30)4-5-19(27)24(23)28/h4-5,8-13,15,25H,3,6-7H2,1-2H3,(H,34,38)/t15-/m0/s1. The third-order valence-electron chi connectivity index (χ3n) is 6.51. The van der Waals surface area contributed by atoms with E-state index in [0.717, 1.165) is 54.6 Å². The average molecular weight is 542 g/mol. The van der Waals surface area contributed by atoms with Crippen LogP contribution < -0.4 is 10.2 Å². The van der Waals surface area contributed by atoms with Gasteiger partial charge < -0.3 is 10.2 Å². The molecule has 0 spiro atoms. The number of carbonyl (C=O) groups excluding carboxylic acids is 1. The zero-order valence-corrected chi connectivity index (χ0v) is 21.3. The van der Waals surface area contributed by atoms with Crippen LogP contribution >= 0.6 is 11.6 Å². The molecule has 1 saturated heterocycles. The van der Waals surface area contributed by atoms with E-state index in [1.54, 1.807) is 10.9 Å². The number of alkyl halides is 2. The van der Waals surface area contributed by atoms with E-state index in [2.05, 4.69) is 36.3 Å². The molecule has 4 aromatic rings. The van der Waals surface area contributed by atoms with Gasteiger partial charge in [0, 0.05) is 36.6 Å². The number of rotatable bonds is 7. The maximum atomic E-state index is 14.7. The Bertz CT molecular complexity index is 1510. The van der Waals surface area contributed by atoms with Crippen molar-refractivity contribution < 1.29 is 18.0 Å². The number of carbonyl (C=O) groups is 1. The van der Waals surface area contributed by atoms with Crippen molar-refractivity contribution >= 4 is 29.0 Å². The molecule has 3 aromatic heterocycles. The first-order valence-corrected chi connectivity index (χ1v) is 12.3. The molecule has 0 bridgehead atoms. The summed E-state index contributed by atoms with van der Waals surface area (Å²) in [6, 6.07) is 3.97. The molecule has 0 aliphatic carbocycles. The number of nitrogens with zero attached hydrogens (tertiary/aromatic N) is 6. The Hall–Kier alpha value is -3.99. The summed E-state index contributed by atoms with van der Waals surface area (Å²) < 4.78 is 43.4. The van der Waals surface area contributed by atoms with Crippen molar-refractivity contribution in [1.82, 2.24) is 24.7 Å². The van der Waals surface area contributed by atoms with Gasteiger partial charge in [-0.1, -0.05) is 17.7 Å². The Labute approximate surface area is 221 Å². The lowest BCUT2D eigenvalue weighted by molar-refractivity contribution is 0.102. The number of hydrogen-bond donors (Lipinski definition) is 1. The van der Waals surface area contributed by atoms with Crippen molar-refractivity contribution in [3.63, 3.8) is 0 Å². The summed E-state index contributed by atoms with van der Waals surface area (Å²) in [5.74, 6) is -0.765. The Morgan fingerprint density at radius 1 is 1.13 bits per heavy atom. The van der Waals surface area contributed by atoms with E-state index >= 15 is 0 Å². The van der Waals surface area contributed by atoms with Crippen LogP contribution in [0.2, 0.25) is 5.02 Å². The average Bonchev–Trinajstić information content (AvgIpc) is 3.32. The largest absolute Gasteiger partial charge is 0.356 e. The predicted molar refractivity (Wildman–Crippen MR) is 137 cm³/mol. The van der Waals surface area contributed by atoms with Crippen LogP contribution in [0.4, 0.5) is 24.7 Å². The molecule has 1 aliphatic heterocycles. The molecule has 1 fully saturated rings. The third-order valence-corrected chi connectivity index (χ3v) is 6.80. The first kappa shape index (κ1) is 25.7. The normalized spacial score (nSPS) is 13.9. The molecule has 0 saturated carbocycles. The number of aryl methyl sites for hydroxylation is 1. The fourth-order valence-corrected chi connectivity index (χ4v) is 4.42. The Kier molecular flexibility index (Phi) is 7.02. The summed E-state index contributed by atoms with van der Waals surface area (Å²) in [5.41, 5.74) is 0.939. The number of amides is 1. The second kappa shape index (κ2) is 10.4.